The number of amides is 1. The van der Waals surface area contributed by atoms with Crippen LogP contribution >= 0.6 is 0 Å². The molecule has 1 aliphatic heterocycles. The second-order valence-electron chi connectivity index (χ2n) is 7.34. The third-order valence-corrected chi connectivity index (χ3v) is 9.91. The average molecular weight is 420 g/mol. The summed E-state index contributed by atoms with van der Waals surface area (Å²) >= 11 is 0. The highest BCUT2D eigenvalue weighted by atomic mass is 32.2. The van der Waals surface area contributed by atoms with Crippen LogP contribution < -0.4 is 5.32 Å². The summed E-state index contributed by atoms with van der Waals surface area (Å²) in [6.45, 7) is 0. The molecule has 0 radical (unpaired) electrons. The summed E-state index contributed by atoms with van der Waals surface area (Å²) in [6, 6.07) is 14.1. The fraction of sp³-hybridized carbons (Fsp3) is 0.350. The Balaban J connectivity index is 1.66. The number of hydrogen-bond acceptors (Lipinski definition) is 5. The minimum atomic E-state index is -3.82. The van der Waals surface area contributed by atoms with E-state index in [1.807, 2.05) is 0 Å². The molecule has 1 saturated carbocycles. The Kier molecular flexibility index (Phi) is 4.58. The van der Waals surface area contributed by atoms with Gasteiger partial charge in [-0.2, -0.15) is 0 Å². The number of sulfone groups is 2. The molecular weight excluding hydrogens is 398 g/mol. The summed E-state index contributed by atoms with van der Waals surface area (Å²) in [5.41, 5.74) is 0.529. The molecule has 0 spiro atoms. The second-order valence-corrected chi connectivity index (χ2v) is 11.7. The van der Waals surface area contributed by atoms with E-state index in [2.05, 4.69) is 5.32 Å². The summed E-state index contributed by atoms with van der Waals surface area (Å²) < 4.78 is 49.6. The van der Waals surface area contributed by atoms with Crippen molar-refractivity contribution < 1.29 is 21.6 Å². The van der Waals surface area contributed by atoms with Crippen molar-refractivity contribution in [3.05, 3.63) is 60.2 Å². The van der Waals surface area contributed by atoms with Crippen LogP contribution in [0.3, 0.4) is 0 Å². The third-order valence-electron chi connectivity index (χ3n) is 5.53. The zero-order valence-corrected chi connectivity index (χ0v) is 16.8. The van der Waals surface area contributed by atoms with Gasteiger partial charge in [0.1, 0.15) is 0 Å². The first-order chi connectivity index (χ1) is 13.3. The molecular formula is C20H21NO5S2. The van der Waals surface area contributed by atoms with Crippen LogP contribution in [0.15, 0.2) is 64.4 Å². The molecule has 0 bridgehead atoms. The highest BCUT2D eigenvalue weighted by Gasteiger charge is 2.61. The molecule has 1 N–H and O–H groups in total. The van der Waals surface area contributed by atoms with Crippen molar-refractivity contribution in [3.8, 4) is 0 Å². The summed E-state index contributed by atoms with van der Waals surface area (Å²) in [4.78, 5) is 13.4. The summed E-state index contributed by atoms with van der Waals surface area (Å²) in [5.74, 6) is -0.528. The summed E-state index contributed by atoms with van der Waals surface area (Å²) in [7, 11) is -7.23. The third kappa shape index (κ3) is 3.04. The quantitative estimate of drug-likeness (QED) is 0.821. The topological polar surface area (TPSA) is 97.4 Å². The van der Waals surface area contributed by atoms with Crippen molar-refractivity contribution in [2.75, 3.05) is 5.75 Å². The molecule has 28 heavy (non-hydrogen) atoms. The zero-order chi connectivity index (χ0) is 20.0. The first-order valence-corrected chi connectivity index (χ1v) is 12.3. The van der Waals surface area contributed by atoms with Crippen molar-refractivity contribution in [1.29, 1.82) is 0 Å². The second kappa shape index (κ2) is 6.70. The number of carbonyl (C=O) groups excluding carboxylic acids is 1. The van der Waals surface area contributed by atoms with Crippen molar-refractivity contribution in [2.24, 2.45) is 0 Å². The fourth-order valence-corrected chi connectivity index (χ4v) is 7.32. The Morgan fingerprint density at radius 1 is 1.00 bits per heavy atom. The summed E-state index contributed by atoms with van der Waals surface area (Å²) in [6.07, 6.45) is 1.38. The summed E-state index contributed by atoms with van der Waals surface area (Å²) in [5, 5.41) is 2.85. The largest absolute Gasteiger partial charge is 0.348 e. The van der Waals surface area contributed by atoms with E-state index in [1.54, 1.807) is 42.5 Å². The van der Waals surface area contributed by atoms with Gasteiger partial charge >= 0.3 is 0 Å². The first-order valence-electron chi connectivity index (χ1n) is 9.20. The van der Waals surface area contributed by atoms with Gasteiger partial charge in [0.25, 0.3) is 0 Å². The molecule has 148 valence electrons. The van der Waals surface area contributed by atoms with E-state index < -0.39 is 36.4 Å². The molecule has 2 aliphatic rings. The Morgan fingerprint density at radius 2 is 1.64 bits per heavy atom. The number of carbonyl (C=O) groups is 1. The van der Waals surface area contributed by atoms with E-state index >= 15 is 0 Å². The van der Waals surface area contributed by atoms with E-state index in [0.29, 0.717) is 18.4 Å². The van der Waals surface area contributed by atoms with Gasteiger partial charge in [-0.3, -0.25) is 4.79 Å². The first kappa shape index (κ1) is 19.1. The van der Waals surface area contributed by atoms with Gasteiger partial charge < -0.3 is 5.32 Å². The van der Waals surface area contributed by atoms with Crippen LogP contribution in [-0.2, 0) is 24.5 Å². The van der Waals surface area contributed by atoms with Gasteiger partial charge in [-0.15, -0.1) is 0 Å². The molecule has 1 unspecified atom stereocenters. The van der Waals surface area contributed by atoms with Crippen molar-refractivity contribution in [3.63, 3.8) is 0 Å². The molecule has 1 atom stereocenters. The Bertz CT molecular complexity index is 1120. The van der Waals surface area contributed by atoms with E-state index in [4.69, 9.17) is 0 Å². The lowest BCUT2D eigenvalue weighted by Gasteiger charge is -2.23. The van der Waals surface area contributed by atoms with Crippen LogP contribution in [0.1, 0.15) is 37.3 Å². The Labute approximate surface area is 164 Å². The smallest absolute Gasteiger partial charge is 0.242 e. The van der Waals surface area contributed by atoms with Gasteiger partial charge in [0, 0.05) is 0 Å². The molecule has 1 aliphatic carbocycles. The standard InChI is InChI=1S/C20H21NO5S2/c22-19(20(12-13-20)28(25,26)15-7-2-1-3-8-15)21-17-10-6-14-27(23,24)18-11-5-4-9-16(17)18/h1-5,7-9,11,17H,6,10,12-14H2,(H,21,22). The number of fused-ring (bicyclic) bond motifs is 1. The van der Waals surface area contributed by atoms with Gasteiger partial charge in [-0.25, -0.2) is 16.8 Å². The molecule has 8 heteroatoms. The lowest BCUT2D eigenvalue weighted by Crippen LogP contribution is -2.43. The maximum absolute atomic E-state index is 13.1. The van der Waals surface area contributed by atoms with Gasteiger partial charge in [0.05, 0.1) is 21.6 Å². The number of benzene rings is 2. The van der Waals surface area contributed by atoms with Crippen LogP contribution in [0, 0.1) is 0 Å². The molecule has 0 saturated heterocycles. The van der Waals surface area contributed by atoms with Gasteiger partial charge in [0.2, 0.25) is 5.91 Å². The molecule has 6 nitrogen and oxygen atoms in total. The van der Waals surface area contributed by atoms with E-state index in [0.717, 1.165) is 0 Å². The van der Waals surface area contributed by atoms with Crippen molar-refractivity contribution >= 4 is 25.6 Å². The maximum atomic E-state index is 13.1. The van der Waals surface area contributed by atoms with E-state index in [1.165, 1.54) is 12.1 Å². The fourth-order valence-electron chi connectivity index (χ4n) is 3.79. The zero-order valence-electron chi connectivity index (χ0n) is 15.2. The Hall–Kier alpha value is -2.19. The van der Waals surface area contributed by atoms with E-state index in [-0.39, 0.29) is 28.4 Å². The monoisotopic (exact) mass is 419 g/mol. The highest BCUT2D eigenvalue weighted by molar-refractivity contribution is 7.94. The van der Waals surface area contributed by atoms with Crippen LogP contribution in [0.5, 0.6) is 0 Å². The minimum absolute atomic E-state index is 0.0177. The molecule has 1 fully saturated rings. The molecule has 2 aromatic carbocycles. The van der Waals surface area contributed by atoms with Gasteiger partial charge in [0.15, 0.2) is 24.4 Å². The molecule has 1 amide bonds. The van der Waals surface area contributed by atoms with Crippen LogP contribution in [0.4, 0.5) is 0 Å². The predicted octanol–water partition coefficient (Wildman–Crippen LogP) is 2.42. The molecule has 0 aromatic heterocycles. The van der Waals surface area contributed by atoms with E-state index in [9.17, 15) is 21.6 Å². The van der Waals surface area contributed by atoms with Crippen molar-refractivity contribution in [1.82, 2.24) is 5.32 Å². The van der Waals surface area contributed by atoms with Gasteiger partial charge in [-0.1, -0.05) is 36.4 Å². The maximum Gasteiger partial charge on any atom is 0.242 e. The SMILES string of the molecule is O=C(NC1CCCS(=O)(=O)c2ccccc21)C1(S(=O)(=O)c2ccccc2)CC1. The number of rotatable bonds is 4. The highest BCUT2D eigenvalue weighted by Crippen LogP contribution is 2.47. The normalized spacial score (nSPS) is 22.5. The Morgan fingerprint density at radius 3 is 2.32 bits per heavy atom. The van der Waals surface area contributed by atoms with Gasteiger partial charge in [-0.05, 0) is 49.4 Å². The average Bonchev–Trinajstić information content (AvgIpc) is 3.51. The molecule has 2 aromatic rings. The lowest BCUT2D eigenvalue weighted by molar-refractivity contribution is -0.122. The molecule has 1 heterocycles. The van der Waals surface area contributed by atoms with Crippen LogP contribution in [0.2, 0.25) is 0 Å². The molecule has 4 rings (SSSR count). The minimum Gasteiger partial charge on any atom is -0.348 e. The number of nitrogens with one attached hydrogen (secondary N) is 1. The van der Waals surface area contributed by atoms with Crippen molar-refractivity contribution in [2.45, 2.75) is 46.3 Å². The van der Waals surface area contributed by atoms with Crippen LogP contribution in [0.25, 0.3) is 0 Å². The van der Waals surface area contributed by atoms with Crippen LogP contribution in [-0.4, -0.2) is 33.2 Å². The number of hydrogen-bond donors (Lipinski definition) is 1. The predicted molar refractivity (Wildman–Crippen MR) is 104 cm³/mol. The lowest BCUT2D eigenvalue weighted by atomic mass is 10.0.